The van der Waals surface area contributed by atoms with E-state index in [1.165, 1.54) is 18.2 Å². The lowest BCUT2D eigenvalue weighted by Gasteiger charge is -2.43. The number of nitrogens with zero attached hydrogens (tertiary/aromatic N) is 1. The lowest BCUT2D eigenvalue weighted by atomic mass is 9.63. The van der Waals surface area contributed by atoms with Crippen LogP contribution in [-0.4, -0.2) is 41.1 Å². The van der Waals surface area contributed by atoms with Gasteiger partial charge in [-0.3, -0.25) is 9.59 Å². The van der Waals surface area contributed by atoms with Crippen LogP contribution in [0.5, 0.6) is 0 Å². The molecule has 1 N–H and O–H groups in total. The second-order valence-electron chi connectivity index (χ2n) is 6.75. The highest BCUT2D eigenvalue weighted by Gasteiger charge is 2.56. The maximum atomic E-state index is 13.5. The minimum atomic E-state index is -4.69. The number of alkyl halides is 3. The standard InChI is InChI=1S/C17H17F4NO3/c18-11-4-1-3-10(7-11)16(5-2-6-16)15(25)22-8-12(14(23)24)13(9-22)17(19,20)21/h1,3-4,7,12-13H,2,5-6,8-9H2,(H,23,24)/t12-,13-/m1/s1. The van der Waals surface area contributed by atoms with Gasteiger partial charge in [0.2, 0.25) is 5.91 Å². The van der Waals surface area contributed by atoms with Gasteiger partial charge >= 0.3 is 12.1 Å². The van der Waals surface area contributed by atoms with E-state index in [0.717, 1.165) is 4.90 Å². The Balaban J connectivity index is 1.88. The fourth-order valence-corrected chi connectivity index (χ4v) is 3.80. The zero-order valence-electron chi connectivity index (χ0n) is 13.2. The lowest BCUT2D eigenvalue weighted by molar-refractivity contribution is -0.188. The molecule has 2 atom stereocenters. The molecule has 0 spiro atoms. The Kier molecular flexibility index (Phi) is 4.25. The summed E-state index contributed by atoms with van der Waals surface area (Å²) in [6.45, 7) is -1.15. The van der Waals surface area contributed by atoms with Gasteiger partial charge in [0, 0.05) is 13.1 Å². The molecule has 0 radical (unpaired) electrons. The molecule has 1 saturated heterocycles. The van der Waals surface area contributed by atoms with Crippen molar-refractivity contribution in [3.05, 3.63) is 35.6 Å². The molecule has 1 saturated carbocycles. The number of amides is 1. The van der Waals surface area contributed by atoms with Crippen LogP contribution in [-0.2, 0) is 15.0 Å². The molecule has 1 heterocycles. The van der Waals surface area contributed by atoms with E-state index < -0.39 is 54.2 Å². The molecule has 2 aliphatic rings. The number of carboxylic acids is 1. The summed E-state index contributed by atoms with van der Waals surface area (Å²) < 4.78 is 52.9. The van der Waals surface area contributed by atoms with Crippen molar-refractivity contribution in [1.82, 2.24) is 4.90 Å². The summed E-state index contributed by atoms with van der Waals surface area (Å²) in [6.07, 6.45) is -3.15. The van der Waals surface area contributed by atoms with E-state index in [2.05, 4.69) is 0 Å². The number of rotatable bonds is 3. The Bertz CT molecular complexity index is 699. The molecule has 2 fully saturated rings. The molecule has 1 aliphatic carbocycles. The summed E-state index contributed by atoms with van der Waals surface area (Å²) in [6, 6.07) is 5.51. The van der Waals surface area contributed by atoms with Gasteiger partial charge in [-0.05, 0) is 30.5 Å². The van der Waals surface area contributed by atoms with E-state index in [1.54, 1.807) is 6.07 Å². The first-order valence-corrected chi connectivity index (χ1v) is 8.00. The zero-order chi connectivity index (χ0) is 18.4. The van der Waals surface area contributed by atoms with Gasteiger partial charge in [0.15, 0.2) is 0 Å². The Hall–Kier alpha value is -2.12. The zero-order valence-corrected chi connectivity index (χ0v) is 13.2. The molecule has 0 aromatic heterocycles. The number of carbonyl (C=O) groups excluding carboxylic acids is 1. The average Bonchev–Trinajstić information content (AvgIpc) is 2.91. The first-order chi connectivity index (χ1) is 11.6. The van der Waals surface area contributed by atoms with Gasteiger partial charge in [0.05, 0.1) is 17.3 Å². The molecule has 1 aromatic carbocycles. The van der Waals surface area contributed by atoms with Crippen LogP contribution in [0.3, 0.4) is 0 Å². The van der Waals surface area contributed by atoms with Crippen LogP contribution in [0.15, 0.2) is 24.3 Å². The quantitative estimate of drug-likeness (QED) is 0.845. The molecule has 8 heteroatoms. The number of benzene rings is 1. The third-order valence-corrected chi connectivity index (χ3v) is 5.34. The molecule has 0 bridgehead atoms. The molecule has 1 aromatic rings. The Morgan fingerprint density at radius 2 is 1.88 bits per heavy atom. The van der Waals surface area contributed by atoms with Gasteiger partial charge in [0.25, 0.3) is 0 Å². The van der Waals surface area contributed by atoms with Crippen LogP contribution < -0.4 is 0 Å². The molecule has 3 rings (SSSR count). The summed E-state index contributed by atoms with van der Waals surface area (Å²) in [7, 11) is 0. The van der Waals surface area contributed by atoms with Crippen LogP contribution in [0.4, 0.5) is 17.6 Å². The van der Waals surface area contributed by atoms with Crippen molar-refractivity contribution in [2.75, 3.05) is 13.1 Å². The van der Waals surface area contributed by atoms with Crippen molar-refractivity contribution in [3.8, 4) is 0 Å². The molecule has 25 heavy (non-hydrogen) atoms. The van der Waals surface area contributed by atoms with Crippen molar-refractivity contribution >= 4 is 11.9 Å². The molecule has 136 valence electrons. The van der Waals surface area contributed by atoms with Crippen molar-refractivity contribution in [1.29, 1.82) is 0 Å². The normalized spacial score (nSPS) is 25.5. The predicted molar refractivity (Wildman–Crippen MR) is 79.2 cm³/mol. The first-order valence-electron chi connectivity index (χ1n) is 8.00. The Labute approximate surface area is 141 Å². The van der Waals surface area contributed by atoms with Crippen LogP contribution in [0.2, 0.25) is 0 Å². The summed E-state index contributed by atoms with van der Waals surface area (Å²) >= 11 is 0. The highest BCUT2D eigenvalue weighted by Crippen LogP contribution is 2.47. The van der Waals surface area contributed by atoms with Crippen molar-refractivity contribution in [2.45, 2.75) is 30.9 Å². The molecule has 1 aliphatic heterocycles. The maximum Gasteiger partial charge on any atom is 0.394 e. The van der Waals surface area contributed by atoms with E-state index >= 15 is 0 Å². The van der Waals surface area contributed by atoms with Crippen LogP contribution in [0.25, 0.3) is 0 Å². The van der Waals surface area contributed by atoms with E-state index in [-0.39, 0.29) is 0 Å². The lowest BCUT2D eigenvalue weighted by Crippen LogP contribution is -2.50. The third-order valence-electron chi connectivity index (χ3n) is 5.34. The topological polar surface area (TPSA) is 57.6 Å². The minimum absolute atomic E-state index is 0.417. The van der Waals surface area contributed by atoms with Gasteiger partial charge in [-0.1, -0.05) is 18.6 Å². The molecule has 4 nitrogen and oxygen atoms in total. The first kappa shape index (κ1) is 17.7. The largest absolute Gasteiger partial charge is 0.481 e. The van der Waals surface area contributed by atoms with E-state index in [1.807, 2.05) is 0 Å². The number of likely N-dealkylation sites (tertiary alicyclic amines) is 1. The highest BCUT2D eigenvalue weighted by atomic mass is 19.4. The van der Waals surface area contributed by atoms with Crippen LogP contribution in [0.1, 0.15) is 24.8 Å². The van der Waals surface area contributed by atoms with Crippen molar-refractivity contribution < 1.29 is 32.3 Å². The number of halogens is 4. The SMILES string of the molecule is O=C(O)[C@@H]1CN(C(=O)C2(c3cccc(F)c3)CCC2)C[C@H]1C(F)(F)F. The van der Waals surface area contributed by atoms with E-state index in [4.69, 9.17) is 5.11 Å². The summed E-state index contributed by atoms with van der Waals surface area (Å²) in [5.74, 6) is -6.38. The van der Waals surface area contributed by atoms with Gasteiger partial charge in [0.1, 0.15) is 5.82 Å². The number of carbonyl (C=O) groups is 2. The summed E-state index contributed by atoms with van der Waals surface area (Å²) in [4.78, 5) is 25.1. The molecule has 1 amide bonds. The van der Waals surface area contributed by atoms with Gasteiger partial charge in [-0.25, -0.2) is 4.39 Å². The van der Waals surface area contributed by atoms with E-state index in [9.17, 15) is 27.2 Å². The number of carboxylic acid groups (broad SMARTS) is 1. The predicted octanol–water partition coefficient (Wildman–Crippen LogP) is 2.97. The van der Waals surface area contributed by atoms with E-state index in [0.29, 0.717) is 24.8 Å². The number of aliphatic carboxylic acids is 1. The summed E-state index contributed by atoms with van der Waals surface area (Å²) in [5.41, 5.74) is -0.614. The Morgan fingerprint density at radius 3 is 2.32 bits per heavy atom. The average molecular weight is 359 g/mol. The second-order valence-corrected chi connectivity index (χ2v) is 6.75. The molecule has 0 unspecified atom stereocenters. The number of hydrogen-bond donors (Lipinski definition) is 1. The number of hydrogen-bond acceptors (Lipinski definition) is 2. The van der Waals surface area contributed by atoms with Crippen LogP contribution >= 0.6 is 0 Å². The molecular formula is C17H17F4NO3. The fraction of sp³-hybridized carbons (Fsp3) is 0.529. The monoisotopic (exact) mass is 359 g/mol. The van der Waals surface area contributed by atoms with Gasteiger partial charge in [-0.15, -0.1) is 0 Å². The summed E-state index contributed by atoms with van der Waals surface area (Å²) in [5, 5.41) is 9.09. The Morgan fingerprint density at radius 1 is 1.20 bits per heavy atom. The highest BCUT2D eigenvalue weighted by molar-refractivity contribution is 5.90. The van der Waals surface area contributed by atoms with Gasteiger partial charge in [-0.2, -0.15) is 13.2 Å². The smallest absolute Gasteiger partial charge is 0.394 e. The minimum Gasteiger partial charge on any atom is -0.481 e. The van der Waals surface area contributed by atoms with Gasteiger partial charge < -0.3 is 10.0 Å². The van der Waals surface area contributed by atoms with Crippen LogP contribution in [0, 0.1) is 17.7 Å². The fourth-order valence-electron chi connectivity index (χ4n) is 3.80. The maximum absolute atomic E-state index is 13.5. The van der Waals surface area contributed by atoms with Crippen molar-refractivity contribution in [2.24, 2.45) is 11.8 Å². The molecular weight excluding hydrogens is 342 g/mol. The van der Waals surface area contributed by atoms with Crippen molar-refractivity contribution in [3.63, 3.8) is 0 Å². The second kappa shape index (κ2) is 6.00. The third kappa shape index (κ3) is 2.98.